The van der Waals surface area contributed by atoms with Crippen LogP contribution in [0.3, 0.4) is 0 Å². The molecule has 2 aromatic carbocycles. The summed E-state index contributed by atoms with van der Waals surface area (Å²) in [6, 6.07) is 12.0. The number of hydrogen-bond acceptors (Lipinski definition) is 1. The van der Waals surface area contributed by atoms with Gasteiger partial charge in [-0.05, 0) is 47.1 Å². The summed E-state index contributed by atoms with van der Waals surface area (Å²) in [7, 11) is 5.97. The molecule has 2 nitrogen and oxygen atoms in total. The van der Waals surface area contributed by atoms with E-state index in [1.54, 1.807) is 30.6 Å². The standard InChI is InChI=1S/C13H9BF2.C6H10N2/c14-13(9-1-5-11(15)6-2-9)10-3-7-12(16)8-4-10;1-5(2)6-3-7-4-8-6/h1-8,13H;3-5H,1-2H3,(H,7,8). The average Bonchev–Trinajstić information content (AvgIpc) is 3.11. The van der Waals surface area contributed by atoms with Crippen molar-refractivity contribution in [2.45, 2.75) is 25.6 Å². The number of hydrogen-bond donors (Lipinski definition) is 1. The van der Waals surface area contributed by atoms with E-state index in [0.29, 0.717) is 5.92 Å². The summed E-state index contributed by atoms with van der Waals surface area (Å²) in [6.45, 7) is 4.26. The van der Waals surface area contributed by atoms with Crippen LogP contribution >= 0.6 is 0 Å². The fourth-order valence-electron chi connectivity index (χ4n) is 2.12. The maximum atomic E-state index is 12.7. The molecule has 0 saturated carbocycles. The van der Waals surface area contributed by atoms with Crippen molar-refractivity contribution in [1.29, 1.82) is 0 Å². The highest BCUT2D eigenvalue weighted by molar-refractivity contribution is 6.14. The highest BCUT2D eigenvalue weighted by atomic mass is 19.1. The first-order valence-corrected chi connectivity index (χ1v) is 7.72. The maximum absolute atomic E-state index is 12.7. The normalized spacial score (nSPS) is 10.6. The predicted molar refractivity (Wildman–Crippen MR) is 93.1 cm³/mol. The molecule has 0 amide bonds. The number of aromatic amines is 1. The van der Waals surface area contributed by atoms with Gasteiger partial charge < -0.3 is 4.98 Å². The van der Waals surface area contributed by atoms with E-state index < -0.39 is 0 Å². The molecule has 0 spiro atoms. The van der Waals surface area contributed by atoms with Gasteiger partial charge >= 0.3 is 0 Å². The summed E-state index contributed by atoms with van der Waals surface area (Å²) < 4.78 is 25.4. The van der Waals surface area contributed by atoms with Gasteiger partial charge in [0.25, 0.3) is 0 Å². The second-order valence-corrected chi connectivity index (χ2v) is 5.74. The fraction of sp³-hybridized carbons (Fsp3) is 0.211. The Kier molecular flexibility index (Phi) is 6.30. The molecule has 0 aliphatic heterocycles. The topological polar surface area (TPSA) is 28.7 Å². The molecule has 0 aliphatic carbocycles. The second kappa shape index (κ2) is 8.43. The average molecular weight is 324 g/mol. The van der Waals surface area contributed by atoms with Gasteiger partial charge in [-0.1, -0.05) is 38.1 Å². The molecular formula is C19H19BF2N2. The molecule has 1 heterocycles. The van der Waals surface area contributed by atoms with Gasteiger partial charge in [0.05, 0.1) is 14.2 Å². The summed E-state index contributed by atoms with van der Waals surface area (Å²) in [4.78, 5) is 6.91. The first-order valence-electron chi connectivity index (χ1n) is 7.72. The van der Waals surface area contributed by atoms with Crippen molar-refractivity contribution in [1.82, 2.24) is 9.97 Å². The molecule has 1 aromatic heterocycles. The van der Waals surface area contributed by atoms with E-state index in [9.17, 15) is 8.78 Å². The summed E-state index contributed by atoms with van der Waals surface area (Å²) >= 11 is 0. The SMILES string of the molecule is CC(C)c1cnc[nH]1.[B]C(c1ccc(F)cc1)c1ccc(F)cc1. The van der Waals surface area contributed by atoms with E-state index in [1.807, 2.05) is 6.20 Å². The zero-order chi connectivity index (χ0) is 17.5. The predicted octanol–water partition coefficient (Wildman–Crippen LogP) is 4.76. The molecule has 1 N–H and O–H groups in total. The van der Waals surface area contributed by atoms with E-state index in [1.165, 1.54) is 30.0 Å². The number of nitrogens with one attached hydrogen (secondary N) is 1. The van der Waals surface area contributed by atoms with E-state index >= 15 is 0 Å². The van der Waals surface area contributed by atoms with E-state index in [4.69, 9.17) is 7.85 Å². The molecule has 0 fully saturated rings. The number of aromatic nitrogens is 2. The van der Waals surface area contributed by atoms with Gasteiger partial charge in [0.15, 0.2) is 0 Å². The zero-order valence-electron chi connectivity index (χ0n) is 13.7. The van der Waals surface area contributed by atoms with Crippen LogP contribution in [0, 0.1) is 11.6 Å². The molecule has 0 saturated heterocycles. The minimum atomic E-state index is -0.360. The molecular weight excluding hydrogens is 305 g/mol. The van der Waals surface area contributed by atoms with Gasteiger partial charge in [-0.25, -0.2) is 13.8 Å². The minimum Gasteiger partial charge on any atom is -0.348 e. The van der Waals surface area contributed by atoms with Crippen LogP contribution in [0.2, 0.25) is 0 Å². The third-order valence-corrected chi connectivity index (χ3v) is 3.60. The molecule has 3 aromatic rings. The van der Waals surface area contributed by atoms with Gasteiger partial charge in [0.1, 0.15) is 11.6 Å². The van der Waals surface area contributed by atoms with Crippen LogP contribution in [-0.2, 0) is 0 Å². The van der Waals surface area contributed by atoms with Crippen molar-refractivity contribution in [3.05, 3.63) is 89.5 Å². The Morgan fingerprint density at radius 1 is 0.875 bits per heavy atom. The molecule has 0 bridgehead atoms. The van der Waals surface area contributed by atoms with Gasteiger partial charge in [0, 0.05) is 11.9 Å². The van der Waals surface area contributed by atoms with Crippen LogP contribution in [0.1, 0.15) is 42.4 Å². The van der Waals surface area contributed by atoms with Crippen LogP contribution in [0.4, 0.5) is 8.78 Å². The second-order valence-electron chi connectivity index (χ2n) is 5.74. The van der Waals surface area contributed by atoms with Crippen molar-refractivity contribution < 1.29 is 8.78 Å². The first kappa shape index (κ1) is 17.9. The maximum Gasteiger partial charge on any atom is 0.123 e. The molecule has 24 heavy (non-hydrogen) atoms. The fourth-order valence-corrected chi connectivity index (χ4v) is 2.12. The van der Waals surface area contributed by atoms with Crippen LogP contribution in [0.5, 0.6) is 0 Å². The third-order valence-electron chi connectivity index (χ3n) is 3.60. The summed E-state index contributed by atoms with van der Waals surface area (Å²) in [5.41, 5.74) is 2.80. The molecule has 0 atom stereocenters. The van der Waals surface area contributed by atoms with Crippen LogP contribution in [0.15, 0.2) is 61.1 Å². The van der Waals surface area contributed by atoms with Gasteiger partial charge in [-0.2, -0.15) is 0 Å². The first-order chi connectivity index (χ1) is 11.5. The molecule has 0 aliphatic rings. The van der Waals surface area contributed by atoms with Gasteiger partial charge in [-0.3, -0.25) is 0 Å². The van der Waals surface area contributed by atoms with Crippen molar-refractivity contribution in [3.63, 3.8) is 0 Å². The highest BCUT2D eigenvalue weighted by Crippen LogP contribution is 2.21. The lowest BCUT2D eigenvalue weighted by Gasteiger charge is -2.12. The summed E-state index contributed by atoms with van der Waals surface area (Å²) in [5.74, 6) is -0.385. The largest absolute Gasteiger partial charge is 0.348 e. The number of nitrogens with zero attached hydrogens (tertiary/aromatic N) is 1. The van der Waals surface area contributed by atoms with Gasteiger partial charge in [0.2, 0.25) is 0 Å². The molecule has 3 rings (SSSR count). The summed E-state index contributed by atoms with van der Waals surface area (Å²) in [5, 5.41) is 0. The number of rotatable bonds is 3. The van der Waals surface area contributed by atoms with Crippen molar-refractivity contribution in [3.8, 4) is 0 Å². The van der Waals surface area contributed by atoms with Crippen molar-refractivity contribution >= 4 is 7.85 Å². The lowest BCUT2D eigenvalue weighted by Crippen LogP contribution is -2.00. The molecule has 5 heteroatoms. The highest BCUT2D eigenvalue weighted by Gasteiger charge is 2.07. The van der Waals surface area contributed by atoms with Crippen LogP contribution in [0.25, 0.3) is 0 Å². The Morgan fingerprint density at radius 3 is 1.62 bits per heavy atom. The van der Waals surface area contributed by atoms with E-state index in [-0.39, 0.29) is 17.5 Å². The van der Waals surface area contributed by atoms with Crippen molar-refractivity contribution in [2.24, 2.45) is 0 Å². The zero-order valence-corrected chi connectivity index (χ0v) is 13.7. The van der Waals surface area contributed by atoms with Gasteiger partial charge in [-0.15, -0.1) is 0 Å². The van der Waals surface area contributed by atoms with Crippen LogP contribution < -0.4 is 0 Å². The number of H-pyrrole nitrogens is 1. The number of halogens is 2. The molecule has 2 radical (unpaired) electrons. The Morgan fingerprint density at radius 2 is 1.33 bits per heavy atom. The van der Waals surface area contributed by atoms with Crippen molar-refractivity contribution in [2.75, 3.05) is 0 Å². The molecule has 0 unspecified atom stereocenters. The number of imidazole rings is 1. The van der Waals surface area contributed by atoms with E-state index in [2.05, 4.69) is 23.8 Å². The Balaban J connectivity index is 0.000000219. The molecule has 122 valence electrons. The lowest BCUT2D eigenvalue weighted by molar-refractivity contribution is 0.626. The van der Waals surface area contributed by atoms with Crippen LogP contribution in [-0.4, -0.2) is 17.8 Å². The van der Waals surface area contributed by atoms with E-state index in [0.717, 1.165) is 11.1 Å². The monoisotopic (exact) mass is 324 g/mol. The third kappa shape index (κ3) is 5.05. The Labute approximate surface area is 142 Å². The smallest absolute Gasteiger partial charge is 0.123 e. The Hall–Kier alpha value is -2.43. The minimum absolute atomic E-state index is 0.296. The quantitative estimate of drug-likeness (QED) is 0.692. The number of benzene rings is 2. The lowest BCUT2D eigenvalue weighted by atomic mass is 9.76. The Bertz CT molecular complexity index is 678. The summed E-state index contributed by atoms with van der Waals surface area (Å²) in [6.07, 6.45) is 3.56.